The molecule has 6 nitrogen and oxygen atoms in total. The van der Waals surface area contributed by atoms with Gasteiger partial charge in [0.25, 0.3) is 0 Å². The maximum absolute atomic E-state index is 14.0. The predicted molar refractivity (Wildman–Crippen MR) is 206 cm³/mol. The monoisotopic (exact) mass is 712 g/mol. The summed E-state index contributed by atoms with van der Waals surface area (Å²) in [6.07, 6.45) is 10.8. The Bertz CT molecular complexity index is 1290. The van der Waals surface area contributed by atoms with Crippen LogP contribution in [0.5, 0.6) is 5.75 Å². The van der Waals surface area contributed by atoms with Crippen LogP contribution in [0, 0.1) is 23.7 Å². The van der Waals surface area contributed by atoms with Gasteiger partial charge in [0.2, 0.25) is 0 Å². The van der Waals surface area contributed by atoms with E-state index in [0.717, 1.165) is 32.3 Å². The van der Waals surface area contributed by atoms with Crippen LogP contribution in [0.15, 0.2) is 54.1 Å². The maximum atomic E-state index is 14.0. The highest BCUT2D eigenvalue weighted by atomic mass is 28.4. The second-order valence-electron chi connectivity index (χ2n) is 18.4. The zero-order valence-electron chi connectivity index (χ0n) is 33.0. The second-order valence-corrected chi connectivity index (χ2v) is 27.9. The fraction of sp³-hybridized carbons (Fsp3) is 0.732. The first-order valence-electron chi connectivity index (χ1n) is 19.0. The van der Waals surface area contributed by atoms with Gasteiger partial charge in [-0.25, -0.2) is 4.79 Å². The minimum Gasteiger partial charge on any atom is -0.478 e. The Morgan fingerprint density at radius 2 is 1.55 bits per heavy atom. The van der Waals surface area contributed by atoms with Gasteiger partial charge in [-0.2, -0.15) is 0 Å². The summed E-state index contributed by atoms with van der Waals surface area (Å²) in [5.41, 5.74) is 1.24. The highest BCUT2D eigenvalue weighted by Gasteiger charge is 2.47. The summed E-state index contributed by atoms with van der Waals surface area (Å²) in [5.74, 6) is 1.11. The van der Waals surface area contributed by atoms with E-state index in [9.17, 15) is 4.79 Å². The largest absolute Gasteiger partial charge is 0.478 e. The Kier molecular flexibility index (Phi) is 13.0. The number of fused-ring (bicyclic) bond motifs is 1. The number of para-hydroxylation sites is 1. The van der Waals surface area contributed by atoms with Crippen LogP contribution in [-0.2, 0) is 23.1 Å². The molecule has 0 N–H and O–H groups in total. The number of esters is 1. The second kappa shape index (κ2) is 15.9. The van der Waals surface area contributed by atoms with Crippen LogP contribution in [-0.4, -0.2) is 59.7 Å². The van der Waals surface area contributed by atoms with E-state index in [1.54, 1.807) is 0 Å². The van der Waals surface area contributed by atoms with Crippen LogP contribution in [0.3, 0.4) is 0 Å². The Labute approximate surface area is 301 Å². The fourth-order valence-corrected chi connectivity index (χ4v) is 9.73. The van der Waals surface area contributed by atoms with E-state index in [-0.39, 0.29) is 52.3 Å². The van der Waals surface area contributed by atoms with Crippen LogP contribution in [0.25, 0.3) is 0 Å². The lowest BCUT2D eigenvalue weighted by atomic mass is 9.66. The molecule has 8 heteroatoms. The van der Waals surface area contributed by atoms with E-state index < -0.39 is 22.7 Å². The lowest BCUT2D eigenvalue weighted by Crippen LogP contribution is -2.49. The normalized spacial score (nSPS) is 28.9. The van der Waals surface area contributed by atoms with Gasteiger partial charge in [0.15, 0.2) is 22.7 Å². The summed E-state index contributed by atoms with van der Waals surface area (Å²) in [4.78, 5) is 14.0. The molecule has 1 unspecified atom stereocenters. The number of carbonyl (C=O) groups is 1. The zero-order valence-corrected chi connectivity index (χ0v) is 35.0. The van der Waals surface area contributed by atoms with Gasteiger partial charge in [0, 0.05) is 31.0 Å². The van der Waals surface area contributed by atoms with Crippen LogP contribution in [0.2, 0.25) is 36.3 Å². The minimum atomic E-state index is -2.07. The number of allylic oxidation sites excluding steroid dienone is 2. The number of hydrogen-bond acceptors (Lipinski definition) is 6. The molecule has 8 atom stereocenters. The van der Waals surface area contributed by atoms with Crippen LogP contribution in [0.1, 0.15) is 94.4 Å². The van der Waals surface area contributed by atoms with Crippen LogP contribution < -0.4 is 4.74 Å². The van der Waals surface area contributed by atoms with E-state index in [0.29, 0.717) is 24.0 Å². The van der Waals surface area contributed by atoms with Crippen molar-refractivity contribution in [2.75, 3.05) is 6.61 Å². The van der Waals surface area contributed by atoms with Gasteiger partial charge < -0.3 is 23.1 Å². The molecule has 1 heterocycles. The molecule has 1 aromatic carbocycles. The molecule has 0 spiro atoms. The first kappa shape index (κ1) is 40.1. The predicted octanol–water partition coefficient (Wildman–Crippen LogP) is 10.5. The number of ether oxygens (including phenoxy) is 3. The Balaban J connectivity index is 1.56. The van der Waals surface area contributed by atoms with Gasteiger partial charge in [-0.15, -0.1) is 0 Å². The van der Waals surface area contributed by atoms with Crippen molar-refractivity contribution in [3.05, 3.63) is 54.1 Å². The van der Waals surface area contributed by atoms with E-state index in [1.807, 2.05) is 44.2 Å². The third-order valence-corrected chi connectivity index (χ3v) is 21.2. The summed E-state index contributed by atoms with van der Waals surface area (Å²) in [6, 6.07) is 9.60. The molecule has 2 aliphatic carbocycles. The maximum Gasteiger partial charge on any atom is 0.347 e. The Hall–Kier alpha value is -1.72. The lowest BCUT2D eigenvalue weighted by Gasteiger charge is -2.46. The number of benzene rings is 1. The molecule has 0 bridgehead atoms. The highest BCUT2D eigenvalue weighted by molar-refractivity contribution is 6.74. The molecular formula is C41H68O6Si2. The molecule has 1 aromatic rings. The first-order valence-corrected chi connectivity index (χ1v) is 24.8. The van der Waals surface area contributed by atoms with Gasteiger partial charge in [-0.1, -0.05) is 98.7 Å². The van der Waals surface area contributed by atoms with Crippen molar-refractivity contribution in [2.24, 2.45) is 23.7 Å². The van der Waals surface area contributed by atoms with Crippen LogP contribution in [0.4, 0.5) is 0 Å². The average molecular weight is 713 g/mol. The van der Waals surface area contributed by atoms with Crippen molar-refractivity contribution < 1.29 is 27.9 Å². The first-order chi connectivity index (χ1) is 22.7. The number of hydrogen-bond donors (Lipinski definition) is 0. The molecule has 0 amide bonds. The van der Waals surface area contributed by atoms with Gasteiger partial charge >= 0.3 is 5.97 Å². The standard InChI is InChI=1S/C41H68O6Si2/c1-28(2)38(44-31-17-15-14-16-18-31)39(42)45-36-27-34(47-49(12,13)41(7,8)9)25-30-20-19-29(3)35(37(30)36)22-21-32-26-33(23-24-43-32)46-48(10,11)40(4,5)6/h14-20,25,28-29,32-38H,21-24,26-27H2,1-13H3/t29-,32+,33+,34+,35-,36-,37-,38?/m0/s1. The van der Waals surface area contributed by atoms with Crippen molar-refractivity contribution in [3.8, 4) is 5.75 Å². The smallest absolute Gasteiger partial charge is 0.347 e. The van der Waals surface area contributed by atoms with Crippen molar-refractivity contribution in [1.29, 1.82) is 0 Å². The summed E-state index contributed by atoms with van der Waals surface area (Å²) >= 11 is 0. The Morgan fingerprint density at radius 1 is 0.918 bits per heavy atom. The third kappa shape index (κ3) is 10.2. The third-order valence-electron chi connectivity index (χ3n) is 12.1. The van der Waals surface area contributed by atoms with Crippen molar-refractivity contribution >= 4 is 22.6 Å². The van der Waals surface area contributed by atoms with Gasteiger partial charge in [-0.05, 0) is 91.5 Å². The minimum absolute atomic E-state index is 0.0449. The molecule has 0 radical (unpaired) electrons. The van der Waals surface area contributed by atoms with E-state index >= 15 is 0 Å². The van der Waals surface area contributed by atoms with E-state index in [2.05, 4.69) is 92.9 Å². The molecule has 276 valence electrons. The molecule has 3 aliphatic rings. The van der Waals surface area contributed by atoms with Crippen LogP contribution >= 0.6 is 0 Å². The Morgan fingerprint density at radius 3 is 2.16 bits per heavy atom. The molecule has 1 saturated heterocycles. The van der Waals surface area contributed by atoms with Gasteiger partial charge in [-0.3, -0.25) is 0 Å². The van der Waals surface area contributed by atoms with Crippen molar-refractivity contribution in [3.63, 3.8) is 0 Å². The summed E-state index contributed by atoms with van der Waals surface area (Å²) in [7, 11) is -3.93. The molecule has 1 fully saturated rings. The molecule has 1 aliphatic heterocycles. The molecular weight excluding hydrogens is 645 g/mol. The van der Waals surface area contributed by atoms with Gasteiger partial charge in [0.05, 0.1) is 12.2 Å². The molecule has 0 aromatic heterocycles. The summed E-state index contributed by atoms with van der Waals surface area (Å²) < 4.78 is 33.1. The quantitative estimate of drug-likeness (QED) is 0.159. The average Bonchev–Trinajstić information content (AvgIpc) is 2.98. The topological polar surface area (TPSA) is 63.2 Å². The summed E-state index contributed by atoms with van der Waals surface area (Å²) in [6.45, 7) is 30.2. The molecule has 0 saturated carbocycles. The van der Waals surface area contributed by atoms with E-state index in [4.69, 9.17) is 23.1 Å². The SMILES string of the molecule is CC(C)C(Oc1ccccc1)C(=O)O[C@H]1C[C@H](O[Si](C)(C)C(C)(C)C)C=C2C=C[C@H](C)[C@H](CC[C@@H]3C[C@H](O[Si](C)(C)C(C)(C)C)CCO3)[C@H]21. The summed E-state index contributed by atoms with van der Waals surface area (Å²) in [5, 5.41) is 0.264. The molecule has 49 heavy (non-hydrogen) atoms. The molecule has 4 rings (SSSR count). The highest BCUT2D eigenvalue weighted by Crippen LogP contribution is 2.47. The van der Waals surface area contributed by atoms with Crippen molar-refractivity contribution in [1.82, 2.24) is 0 Å². The van der Waals surface area contributed by atoms with Gasteiger partial charge in [0.1, 0.15) is 11.9 Å². The number of rotatable bonds is 12. The number of carbonyl (C=O) groups excluding carboxylic acids is 1. The fourth-order valence-electron chi connectivity index (χ4n) is 7.05. The zero-order chi connectivity index (χ0) is 36.4. The lowest BCUT2D eigenvalue weighted by molar-refractivity contribution is -0.165. The van der Waals surface area contributed by atoms with E-state index in [1.165, 1.54) is 5.57 Å². The van der Waals surface area contributed by atoms with Crippen molar-refractivity contribution in [2.45, 2.75) is 161 Å².